The second kappa shape index (κ2) is 4.05. The Balaban J connectivity index is 1.81. The molecule has 0 unspecified atom stereocenters. The van der Waals surface area contributed by atoms with Gasteiger partial charge in [0.25, 0.3) is 0 Å². The molecule has 1 aromatic carbocycles. The van der Waals surface area contributed by atoms with Crippen LogP contribution in [-0.4, -0.2) is 24.1 Å². The van der Waals surface area contributed by atoms with Crippen molar-refractivity contribution in [3.63, 3.8) is 0 Å². The van der Waals surface area contributed by atoms with E-state index in [9.17, 15) is 9.18 Å². The average molecular weight is 250 g/mol. The lowest BCUT2D eigenvalue weighted by molar-refractivity contribution is -0.123. The first-order valence-electron chi connectivity index (χ1n) is 6.25. The minimum atomic E-state index is -0.415. The fourth-order valence-corrected chi connectivity index (χ4v) is 2.82. The molecule has 4 heteroatoms. The topological polar surface area (TPSA) is 35.5 Å². The SMILES string of the molecule is CCOC1CC2(CC(=O)c3cc(F)ccc3O2)C1. The lowest BCUT2D eigenvalue weighted by Crippen LogP contribution is -2.55. The molecule has 2 aliphatic rings. The summed E-state index contributed by atoms with van der Waals surface area (Å²) >= 11 is 0. The highest BCUT2D eigenvalue weighted by Crippen LogP contribution is 2.46. The average Bonchev–Trinajstić information content (AvgIpc) is 2.29. The maximum absolute atomic E-state index is 13.1. The molecule has 1 heterocycles. The van der Waals surface area contributed by atoms with Crippen molar-refractivity contribution in [1.82, 2.24) is 0 Å². The number of fused-ring (bicyclic) bond motifs is 1. The number of carbonyl (C=O) groups is 1. The summed E-state index contributed by atoms with van der Waals surface area (Å²) in [6, 6.07) is 4.12. The third-order valence-corrected chi connectivity index (χ3v) is 3.65. The van der Waals surface area contributed by atoms with Crippen molar-refractivity contribution < 1.29 is 18.7 Å². The van der Waals surface area contributed by atoms with E-state index in [1.807, 2.05) is 6.92 Å². The van der Waals surface area contributed by atoms with Crippen LogP contribution in [-0.2, 0) is 4.74 Å². The molecular weight excluding hydrogens is 235 g/mol. The second-order valence-corrected chi connectivity index (χ2v) is 5.01. The molecule has 3 rings (SSSR count). The van der Waals surface area contributed by atoms with Crippen LogP contribution in [0.3, 0.4) is 0 Å². The quantitative estimate of drug-likeness (QED) is 0.809. The van der Waals surface area contributed by atoms with Crippen molar-refractivity contribution >= 4 is 5.78 Å². The van der Waals surface area contributed by atoms with Crippen LogP contribution < -0.4 is 4.74 Å². The predicted molar refractivity (Wildman–Crippen MR) is 63.4 cm³/mol. The van der Waals surface area contributed by atoms with Gasteiger partial charge in [-0.3, -0.25) is 4.79 Å². The van der Waals surface area contributed by atoms with E-state index >= 15 is 0 Å². The fraction of sp³-hybridized carbons (Fsp3) is 0.500. The van der Waals surface area contributed by atoms with Gasteiger partial charge >= 0.3 is 0 Å². The lowest BCUT2D eigenvalue weighted by Gasteiger charge is -2.48. The summed E-state index contributed by atoms with van der Waals surface area (Å²) in [6.07, 6.45) is 1.99. The van der Waals surface area contributed by atoms with E-state index in [-0.39, 0.29) is 11.9 Å². The predicted octanol–water partition coefficient (Wildman–Crippen LogP) is 2.73. The van der Waals surface area contributed by atoms with Gasteiger partial charge in [0, 0.05) is 19.4 Å². The number of Topliss-reactive ketones (excluding diaryl/α,β-unsaturated/α-hetero) is 1. The molecule has 0 saturated heterocycles. The van der Waals surface area contributed by atoms with Gasteiger partial charge < -0.3 is 9.47 Å². The van der Waals surface area contributed by atoms with E-state index < -0.39 is 11.4 Å². The standard InChI is InChI=1S/C14H15FO3/c1-2-17-10-6-14(7-10)8-12(16)11-5-9(15)3-4-13(11)18-14/h3-5,10H,2,6-8H2,1H3. The molecule has 0 amide bonds. The number of benzene rings is 1. The maximum Gasteiger partial charge on any atom is 0.170 e. The van der Waals surface area contributed by atoms with Crippen LogP contribution in [0.1, 0.15) is 36.5 Å². The molecule has 18 heavy (non-hydrogen) atoms. The van der Waals surface area contributed by atoms with Crippen molar-refractivity contribution in [3.8, 4) is 5.75 Å². The highest BCUT2D eigenvalue weighted by atomic mass is 19.1. The monoisotopic (exact) mass is 250 g/mol. The number of rotatable bonds is 2. The van der Waals surface area contributed by atoms with Gasteiger partial charge in [-0.2, -0.15) is 0 Å². The molecule has 0 radical (unpaired) electrons. The largest absolute Gasteiger partial charge is 0.486 e. The van der Waals surface area contributed by atoms with Crippen molar-refractivity contribution in [3.05, 3.63) is 29.6 Å². The molecule has 0 aromatic heterocycles. The van der Waals surface area contributed by atoms with E-state index in [1.165, 1.54) is 18.2 Å². The van der Waals surface area contributed by atoms with Gasteiger partial charge in [-0.15, -0.1) is 0 Å². The van der Waals surface area contributed by atoms with E-state index in [1.54, 1.807) is 0 Å². The Bertz CT molecular complexity index is 492. The maximum atomic E-state index is 13.1. The van der Waals surface area contributed by atoms with Crippen LogP contribution in [0.2, 0.25) is 0 Å². The van der Waals surface area contributed by atoms with E-state index in [0.29, 0.717) is 24.3 Å². The van der Waals surface area contributed by atoms with Gasteiger partial charge in [0.1, 0.15) is 17.2 Å². The van der Waals surface area contributed by atoms with Crippen LogP contribution in [0.25, 0.3) is 0 Å². The molecule has 1 aromatic rings. The Kier molecular flexibility index (Phi) is 2.63. The first kappa shape index (κ1) is 11.7. The molecule has 96 valence electrons. The Morgan fingerprint density at radius 3 is 3.00 bits per heavy atom. The van der Waals surface area contributed by atoms with Gasteiger partial charge in [-0.1, -0.05) is 0 Å². The molecule has 0 N–H and O–H groups in total. The summed E-state index contributed by atoms with van der Waals surface area (Å²) < 4.78 is 24.5. The number of hydrogen-bond donors (Lipinski definition) is 0. The van der Waals surface area contributed by atoms with Gasteiger partial charge in [-0.05, 0) is 25.1 Å². The Labute approximate surface area is 105 Å². The normalized spacial score (nSPS) is 29.7. The molecule has 1 spiro atoms. The van der Waals surface area contributed by atoms with Crippen LogP contribution in [0.4, 0.5) is 4.39 Å². The van der Waals surface area contributed by atoms with E-state index in [2.05, 4.69) is 0 Å². The van der Waals surface area contributed by atoms with Crippen molar-refractivity contribution in [1.29, 1.82) is 0 Å². The molecule has 1 aliphatic heterocycles. The molecule has 1 saturated carbocycles. The Morgan fingerprint density at radius 2 is 2.28 bits per heavy atom. The summed E-state index contributed by atoms with van der Waals surface area (Å²) in [7, 11) is 0. The Morgan fingerprint density at radius 1 is 1.50 bits per heavy atom. The molecule has 1 aliphatic carbocycles. The third-order valence-electron chi connectivity index (χ3n) is 3.65. The van der Waals surface area contributed by atoms with E-state index in [0.717, 1.165) is 12.8 Å². The van der Waals surface area contributed by atoms with Gasteiger partial charge in [0.05, 0.1) is 18.1 Å². The van der Waals surface area contributed by atoms with Gasteiger partial charge in [-0.25, -0.2) is 4.39 Å². The van der Waals surface area contributed by atoms with Crippen molar-refractivity contribution in [2.24, 2.45) is 0 Å². The molecule has 3 nitrogen and oxygen atoms in total. The molecule has 0 atom stereocenters. The smallest absolute Gasteiger partial charge is 0.170 e. The number of ether oxygens (including phenoxy) is 2. The molecule has 0 bridgehead atoms. The summed E-state index contributed by atoms with van der Waals surface area (Å²) in [5.74, 6) is 0.0655. The van der Waals surface area contributed by atoms with Crippen molar-refractivity contribution in [2.45, 2.75) is 37.9 Å². The minimum Gasteiger partial charge on any atom is -0.486 e. The van der Waals surface area contributed by atoms with Crippen LogP contribution >= 0.6 is 0 Å². The van der Waals surface area contributed by atoms with Crippen LogP contribution in [0.5, 0.6) is 5.75 Å². The molecular formula is C14H15FO3. The molecule has 1 fully saturated rings. The van der Waals surface area contributed by atoms with Gasteiger partial charge in [0.2, 0.25) is 0 Å². The highest BCUT2D eigenvalue weighted by molar-refractivity contribution is 6.00. The second-order valence-electron chi connectivity index (χ2n) is 5.01. The van der Waals surface area contributed by atoms with Crippen LogP contribution in [0.15, 0.2) is 18.2 Å². The minimum absolute atomic E-state index is 0.0364. The summed E-state index contributed by atoms with van der Waals surface area (Å²) in [4.78, 5) is 12.0. The zero-order chi connectivity index (χ0) is 12.8. The zero-order valence-corrected chi connectivity index (χ0v) is 10.2. The highest BCUT2D eigenvalue weighted by Gasteiger charge is 2.51. The number of halogens is 1. The first-order chi connectivity index (χ1) is 8.62. The van der Waals surface area contributed by atoms with Gasteiger partial charge in [0.15, 0.2) is 5.78 Å². The summed E-state index contributed by atoms with van der Waals surface area (Å²) in [5, 5.41) is 0. The first-order valence-corrected chi connectivity index (χ1v) is 6.25. The summed E-state index contributed by atoms with van der Waals surface area (Å²) in [6.45, 7) is 2.63. The number of ketones is 1. The van der Waals surface area contributed by atoms with Crippen LogP contribution in [0, 0.1) is 5.82 Å². The van der Waals surface area contributed by atoms with E-state index in [4.69, 9.17) is 9.47 Å². The number of hydrogen-bond acceptors (Lipinski definition) is 3. The zero-order valence-electron chi connectivity index (χ0n) is 10.2. The third kappa shape index (κ3) is 1.81. The Hall–Kier alpha value is -1.42. The van der Waals surface area contributed by atoms with Crippen molar-refractivity contribution in [2.75, 3.05) is 6.61 Å². The fourth-order valence-electron chi connectivity index (χ4n) is 2.82. The number of carbonyl (C=O) groups excluding carboxylic acids is 1. The lowest BCUT2D eigenvalue weighted by atomic mass is 9.72. The summed E-state index contributed by atoms with van der Waals surface area (Å²) in [5.41, 5.74) is -0.0534.